The minimum absolute atomic E-state index is 0.299. The number of hydrogen-bond donors (Lipinski definition) is 3. The van der Waals surface area contributed by atoms with Crippen molar-refractivity contribution in [1.82, 2.24) is 15.7 Å². The first kappa shape index (κ1) is 17.5. The van der Waals surface area contributed by atoms with Gasteiger partial charge in [-0.25, -0.2) is 4.79 Å². The fourth-order valence-electron chi connectivity index (χ4n) is 2.16. The molecule has 24 heavy (non-hydrogen) atoms. The third-order valence-electron chi connectivity index (χ3n) is 3.31. The number of aromatic amines is 1. The summed E-state index contributed by atoms with van der Waals surface area (Å²) in [6, 6.07) is 3.37. The quantitative estimate of drug-likeness (QED) is 0.325. The Balaban J connectivity index is 2.60. The fourth-order valence-corrected chi connectivity index (χ4v) is 2.21. The highest BCUT2D eigenvalue weighted by atomic mass is 32.1. The first-order valence-corrected chi connectivity index (χ1v) is 7.33. The molecule has 2 rings (SSSR count). The summed E-state index contributed by atoms with van der Waals surface area (Å²) in [5, 5.41) is 7.89. The van der Waals surface area contributed by atoms with E-state index >= 15 is 0 Å². The van der Waals surface area contributed by atoms with E-state index in [2.05, 4.69) is 20.8 Å². The number of carbonyl (C=O) groups is 1. The van der Waals surface area contributed by atoms with Crippen LogP contribution in [0.3, 0.4) is 0 Å². The van der Waals surface area contributed by atoms with Crippen molar-refractivity contribution in [2.45, 2.75) is 0 Å². The number of thiocarbonyl (C=S) groups is 1. The van der Waals surface area contributed by atoms with E-state index in [1.54, 1.807) is 32.5 Å². The van der Waals surface area contributed by atoms with Gasteiger partial charge in [-0.15, -0.1) is 0 Å². The molecular weight excluding hydrogens is 332 g/mol. The molecule has 1 heterocycles. The van der Waals surface area contributed by atoms with Crippen molar-refractivity contribution in [2.24, 2.45) is 5.10 Å². The molecule has 0 spiro atoms. The summed E-state index contributed by atoms with van der Waals surface area (Å²) in [4.78, 5) is 14.8. The SMILES string of the molecule is CNC(=S)N/N=C/c1c(OC)cc(OC)c2cc(C(=O)OC)[nH]c12. The van der Waals surface area contributed by atoms with Crippen LogP contribution in [0.15, 0.2) is 17.2 Å². The van der Waals surface area contributed by atoms with Crippen molar-refractivity contribution in [3.05, 3.63) is 23.4 Å². The van der Waals surface area contributed by atoms with E-state index in [1.807, 2.05) is 0 Å². The van der Waals surface area contributed by atoms with Crippen molar-refractivity contribution in [3.8, 4) is 11.5 Å². The largest absolute Gasteiger partial charge is 0.496 e. The normalized spacial score (nSPS) is 10.7. The molecule has 1 aromatic heterocycles. The number of nitrogens with zero attached hydrogens (tertiary/aromatic N) is 1. The van der Waals surface area contributed by atoms with Gasteiger partial charge in [0, 0.05) is 18.5 Å². The molecule has 0 aliphatic rings. The Hall–Kier alpha value is -2.81. The van der Waals surface area contributed by atoms with Crippen molar-refractivity contribution < 1.29 is 19.0 Å². The lowest BCUT2D eigenvalue weighted by Gasteiger charge is -2.10. The topological polar surface area (TPSA) is 97.0 Å². The third kappa shape index (κ3) is 3.40. The average molecular weight is 350 g/mol. The zero-order valence-electron chi connectivity index (χ0n) is 13.7. The van der Waals surface area contributed by atoms with Crippen LogP contribution in [0.1, 0.15) is 16.1 Å². The predicted octanol–water partition coefficient (Wildman–Crippen LogP) is 1.40. The van der Waals surface area contributed by atoms with Crippen molar-refractivity contribution in [3.63, 3.8) is 0 Å². The average Bonchev–Trinajstić information content (AvgIpc) is 3.05. The van der Waals surface area contributed by atoms with Crippen LogP contribution in [0.2, 0.25) is 0 Å². The minimum atomic E-state index is -0.482. The maximum absolute atomic E-state index is 11.8. The molecule has 0 radical (unpaired) electrons. The summed E-state index contributed by atoms with van der Waals surface area (Å²) in [6.45, 7) is 0. The van der Waals surface area contributed by atoms with Gasteiger partial charge in [0.15, 0.2) is 5.11 Å². The molecule has 0 aliphatic heterocycles. The first-order valence-electron chi connectivity index (χ1n) is 6.92. The lowest BCUT2D eigenvalue weighted by molar-refractivity contribution is 0.0595. The van der Waals surface area contributed by atoms with E-state index in [0.29, 0.717) is 38.8 Å². The smallest absolute Gasteiger partial charge is 0.354 e. The second-order valence-corrected chi connectivity index (χ2v) is 5.02. The van der Waals surface area contributed by atoms with Crippen LogP contribution >= 0.6 is 12.2 Å². The number of aromatic nitrogens is 1. The monoisotopic (exact) mass is 350 g/mol. The molecule has 0 saturated heterocycles. The van der Waals surface area contributed by atoms with Crippen molar-refractivity contribution >= 4 is 40.4 Å². The van der Waals surface area contributed by atoms with Crippen LogP contribution in [-0.2, 0) is 4.74 Å². The van der Waals surface area contributed by atoms with E-state index in [-0.39, 0.29) is 0 Å². The zero-order chi connectivity index (χ0) is 17.7. The number of fused-ring (bicyclic) bond motifs is 1. The number of nitrogens with one attached hydrogen (secondary N) is 3. The van der Waals surface area contributed by atoms with Crippen LogP contribution < -0.4 is 20.2 Å². The molecule has 0 fully saturated rings. The Bertz CT molecular complexity index is 800. The minimum Gasteiger partial charge on any atom is -0.496 e. The Labute approximate surface area is 144 Å². The number of rotatable bonds is 5. The molecule has 9 heteroatoms. The van der Waals surface area contributed by atoms with Crippen LogP contribution in [0, 0.1) is 0 Å². The van der Waals surface area contributed by atoms with Gasteiger partial charge in [-0.1, -0.05) is 0 Å². The van der Waals surface area contributed by atoms with E-state index in [4.69, 9.17) is 26.4 Å². The van der Waals surface area contributed by atoms with Crippen LogP contribution in [0.4, 0.5) is 0 Å². The number of esters is 1. The predicted molar refractivity (Wildman–Crippen MR) is 95.1 cm³/mol. The molecule has 0 bridgehead atoms. The second kappa shape index (κ2) is 7.64. The number of methoxy groups -OCH3 is 3. The lowest BCUT2D eigenvalue weighted by Crippen LogP contribution is -2.28. The number of hydrogen-bond acceptors (Lipinski definition) is 6. The van der Waals surface area contributed by atoms with E-state index in [0.717, 1.165) is 0 Å². The summed E-state index contributed by atoms with van der Waals surface area (Å²) >= 11 is 4.97. The highest BCUT2D eigenvalue weighted by Crippen LogP contribution is 2.35. The second-order valence-electron chi connectivity index (χ2n) is 4.61. The van der Waals surface area contributed by atoms with E-state index < -0.39 is 5.97 Å². The molecule has 0 saturated carbocycles. The van der Waals surface area contributed by atoms with Gasteiger partial charge in [-0.2, -0.15) is 5.10 Å². The molecule has 8 nitrogen and oxygen atoms in total. The summed E-state index contributed by atoms with van der Waals surface area (Å²) in [5.41, 5.74) is 4.23. The van der Waals surface area contributed by atoms with Gasteiger partial charge in [-0.05, 0) is 18.3 Å². The number of hydrazone groups is 1. The van der Waals surface area contributed by atoms with Gasteiger partial charge in [0.05, 0.1) is 38.6 Å². The number of benzene rings is 1. The first-order chi connectivity index (χ1) is 11.5. The summed E-state index contributed by atoms with van der Waals surface area (Å²) in [6.07, 6.45) is 1.54. The lowest BCUT2D eigenvalue weighted by atomic mass is 10.1. The molecule has 1 aromatic carbocycles. The van der Waals surface area contributed by atoms with Gasteiger partial charge >= 0.3 is 5.97 Å². The van der Waals surface area contributed by atoms with Gasteiger partial charge in [0.25, 0.3) is 0 Å². The maximum Gasteiger partial charge on any atom is 0.354 e. The van der Waals surface area contributed by atoms with Gasteiger partial charge in [0.2, 0.25) is 0 Å². The molecule has 3 N–H and O–H groups in total. The molecule has 128 valence electrons. The molecule has 0 unspecified atom stereocenters. The number of H-pyrrole nitrogens is 1. The van der Waals surface area contributed by atoms with Gasteiger partial charge < -0.3 is 24.5 Å². The molecule has 0 atom stereocenters. The Morgan fingerprint density at radius 2 is 1.96 bits per heavy atom. The van der Waals surface area contributed by atoms with Crippen molar-refractivity contribution in [1.29, 1.82) is 0 Å². The van der Waals surface area contributed by atoms with Crippen LogP contribution in [-0.4, -0.2) is 50.7 Å². The fraction of sp³-hybridized carbons (Fsp3) is 0.267. The number of ether oxygens (including phenoxy) is 3. The van der Waals surface area contributed by atoms with Crippen LogP contribution in [0.5, 0.6) is 11.5 Å². The maximum atomic E-state index is 11.8. The Morgan fingerprint density at radius 3 is 2.54 bits per heavy atom. The standard InChI is InChI=1S/C15H18N4O4S/c1-16-15(24)19-17-7-9-12(22-3)6-11(21-2)8-5-10(14(20)23-4)18-13(8)9/h5-7,18H,1-4H3,(H2,16,19,24)/b17-7+. The number of carbonyl (C=O) groups excluding carboxylic acids is 1. The Morgan fingerprint density at radius 1 is 1.25 bits per heavy atom. The third-order valence-corrected chi connectivity index (χ3v) is 3.61. The Kier molecular flexibility index (Phi) is 5.59. The van der Waals surface area contributed by atoms with Gasteiger partial charge in [-0.3, -0.25) is 5.43 Å². The van der Waals surface area contributed by atoms with Crippen LogP contribution in [0.25, 0.3) is 10.9 Å². The highest BCUT2D eigenvalue weighted by Gasteiger charge is 2.18. The summed E-state index contributed by atoms with van der Waals surface area (Å²) in [7, 11) is 6.08. The molecule has 0 aliphatic carbocycles. The van der Waals surface area contributed by atoms with E-state index in [9.17, 15) is 4.79 Å². The molecule has 2 aromatic rings. The molecular formula is C15H18N4O4S. The van der Waals surface area contributed by atoms with Gasteiger partial charge in [0.1, 0.15) is 17.2 Å². The van der Waals surface area contributed by atoms with Crippen molar-refractivity contribution in [2.75, 3.05) is 28.4 Å². The summed E-state index contributed by atoms with van der Waals surface area (Å²) in [5.74, 6) is 0.604. The summed E-state index contributed by atoms with van der Waals surface area (Å²) < 4.78 is 15.5. The zero-order valence-corrected chi connectivity index (χ0v) is 14.5. The highest BCUT2D eigenvalue weighted by molar-refractivity contribution is 7.80. The van der Waals surface area contributed by atoms with E-state index in [1.165, 1.54) is 14.2 Å². The molecule has 0 amide bonds.